The number of hydrogen-bond donors (Lipinski definition) is 2. The number of piperidine rings is 1. The van der Waals surface area contributed by atoms with Crippen LogP contribution in [0, 0.1) is 0 Å². The molecule has 2 unspecified atom stereocenters. The van der Waals surface area contributed by atoms with E-state index >= 15 is 0 Å². The van der Waals surface area contributed by atoms with E-state index in [1.807, 2.05) is 0 Å². The lowest BCUT2D eigenvalue weighted by Crippen LogP contribution is -2.62. The van der Waals surface area contributed by atoms with E-state index in [-0.39, 0.29) is 11.6 Å². The molecular weight excluding hydrogens is 326 g/mol. The molecule has 4 heteroatoms. The van der Waals surface area contributed by atoms with Gasteiger partial charge in [0.1, 0.15) is 0 Å². The van der Waals surface area contributed by atoms with E-state index in [0.717, 1.165) is 17.3 Å². The Hall–Kier alpha value is -0.420. The first-order valence-corrected chi connectivity index (χ1v) is 8.85. The standard InChI is InChI=1S/C17H28BrN3/c1-3-17(2,21-11-5-4-6-12-21)16(20-19)13-14-7-9-15(18)10-8-14/h7-10,16,20H,3-6,11-13,19H2,1-2H3. The quantitative estimate of drug-likeness (QED) is 0.607. The van der Waals surface area contributed by atoms with Gasteiger partial charge >= 0.3 is 0 Å². The summed E-state index contributed by atoms with van der Waals surface area (Å²) in [7, 11) is 0. The normalized spacial score (nSPS) is 21.0. The van der Waals surface area contributed by atoms with Crippen LogP contribution in [0.1, 0.15) is 45.1 Å². The molecule has 21 heavy (non-hydrogen) atoms. The zero-order chi connectivity index (χ0) is 15.3. The second-order valence-corrected chi connectivity index (χ2v) is 7.22. The molecule has 2 rings (SSSR count). The number of nitrogens with one attached hydrogen (secondary N) is 1. The molecule has 0 saturated carbocycles. The van der Waals surface area contributed by atoms with Crippen molar-refractivity contribution in [1.29, 1.82) is 0 Å². The fourth-order valence-corrected chi connectivity index (χ4v) is 3.67. The van der Waals surface area contributed by atoms with Gasteiger partial charge in [0.05, 0.1) is 0 Å². The molecule has 118 valence electrons. The second kappa shape index (κ2) is 7.73. The summed E-state index contributed by atoms with van der Waals surface area (Å²) < 4.78 is 1.12. The topological polar surface area (TPSA) is 41.3 Å². The molecule has 1 aliphatic rings. The molecule has 1 saturated heterocycles. The van der Waals surface area contributed by atoms with Crippen LogP contribution >= 0.6 is 15.9 Å². The van der Waals surface area contributed by atoms with E-state index in [9.17, 15) is 0 Å². The van der Waals surface area contributed by atoms with E-state index < -0.39 is 0 Å². The SMILES string of the molecule is CCC(C)(C(Cc1ccc(Br)cc1)NN)N1CCCCC1. The number of nitrogens with two attached hydrogens (primary N) is 1. The fraction of sp³-hybridized carbons (Fsp3) is 0.647. The van der Waals surface area contributed by atoms with Gasteiger partial charge in [-0.1, -0.05) is 41.4 Å². The number of benzene rings is 1. The van der Waals surface area contributed by atoms with Crippen LogP contribution in [-0.4, -0.2) is 29.6 Å². The minimum Gasteiger partial charge on any atom is -0.296 e. The Labute approximate surface area is 137 Å². The average molecular weight is 354 g/mol. The Morgan fingerprint density at radius 1 is 1.24 bits per heavy atom. The first-order chi connectivity index (χ1) is 10.1. The summed E-state index contributed by atoms with van der Waals surface area (Å²) in [6, 6.07) is 8.84. The predicted molar refractivity (Wildman–Crippen MR) is 93.1 cm³/mol. The van der Waals surface area contributed by atoms with Crippen molar-refractivity contribution < 1.29 is 0 Å². The van der Waals surface area contributed by atoms with Crippen LogP contribution in [0.3, 0.4) is 0 Å². The van der Waals surface area contributed by atoms with Gasteiger partial charge in [0.25, 0.3) is 0 Å². The lowest BCUT2D eigenvalue weighted by Gasteiger charge is -2.48. The molecule has 0 amide bonds. The van der Waals surface area contributed by atoms with Crippen molar-refractivity contribution in [2.45, 2.75) is 57.5 Å². The van der Waals surface area contributed by atoms with Gasteiger partial charge < -0.3 is 0 Å². The van der Waals surface area contributed by atoms with Crippen molar-refractivity contribution in [3.8, 4) is 0 Å². The molecule has 1 heterocycles. The Bertz CT molecular complexity index is 428. The first-order valence-electron chi connectivity index (χ1n) is 8.05. The van der Waals surface area contributed by atoms with Crippen LogP contribution in [0.25, 0.3) is 0 Å². The van der Waals surface area contributed by atoms with Gasteiger partial charge in [-0.3, -0.25) is 16.2 Å². The molecule has 1 fully saturated rings. The van der Waals surface area contributed by atoms with Crippen molar-refractivity contribution in [2.24, 2.45) is 5.84 Å². The number of halogens is 1. The maximum atomic E-state index is 5.93. The zero-order valence-electron chi connectivity index (χ0n) is 13.2. The van der Waals surface area contributed by atoms with E-state index in [0.29, 0.717) is 0 Å². The fourth-order valence-electron chi connectivity index (χ4n) is 3.41. The molecule has 1 aromatic carbocycles. The van der Waals surface area contributed by atoms with E-state index in [4.69, 9.17) is 5.84 Å². The molecule has 0 bridgehead atoms. The zero-order valence-corrected chi connectivity index (χ0v) is 14.8. The lowest BCUT2D eigenvalue weighted by molar-refractivity contribution is 0.0429. The maximum Gasteiger partial charge on any atom is 0.0432 e. The molecular formula is C17H28BrN3. The van der Waals surface area contributed by atoms with Gasteiger partial charge in [-0.25, -0.2) is 0 Å². The maximum absolute atomic E-state index is 5.93. The molecule has 3 nitrogen and oxygen atoms in total. The smallest absolute Gasteiger partial charge is 0.0432 e. The molecule has 1 aromatic rings. The van der Waals surface area contributed by atoms with Crippen LogP contribution in [0.5, 0.6) is 0 Å². The van der Waals surface area contributed by atoms with Crippen LogP contribution < -0.4 is 11.3 Å². The highest BCUT2D eigenvalue weighted by molar-refractivity contribution is 9.10. The van der Waals surface area contributed by atoms with Gasteiger partial charge in [0, 0.05) is 16.1 Å². The summed E-state index contributed by atoms with van der Waals surface area (Å²) in [5.41, 5.74) is 4.55. The molecule has 2 atom stereocenters. The summed E-state index contributed by atoms with van der Waals surface area (Å²) in [6.07, 6.45) is 6.06. The van der Waals surface area contributed by atoms with Crippen molar-refractivity contribution in [2.75, 3.05) is 13.1 Å². The highest BCUT2D eigenvalue weighted by atomic mass is 79.9. The van der Waals surface area contributed by atoms with Crippen LogP contribution in [0.2, 0.25) is 0 Å². The number of likely N-dealkylation sites (tertiary alicyclic amines) is 1. The van der Waals surface area contributed by atoms with Gasteiger partial charge in [0.15, 0.2) is 0 Å². The highest BCUT2D eigenvalue weighted by Crippen LogP contribution is 2.29. The summed E-state index contributed by atoms with van der Waals surface area (Å²) >= 11 is 3.50. The lowest BCUT2D eigenvalue weighted by atomic mass is 9.82. The van der Waals surface area contributed by atoms with E-state index in [1.54, 1.807) is 0 Å². The third kappa shape index (κ3) is 4.07. The van der Waals surface area contributed by atoms with Crippen LogP contribution in [0.15, 0.2) is 28.7 Å². The third-order valence-corrected chi connectivity index (χ3v) is 5.63. The predicted octanol–water partition coefficient (Wildman–Crippen LogP) is 3.48. The Morgan fingerprint density at radius 3 is 2.38 bits per heavy atom. The Morgan fingerprint density at radius 2 is 1.86 bits per heavy atom. The second-order valence-electron chi connectivity index (χ2n) is 6.31. The van der Waals surface area contributed by atoms with Crippen molar-refractivity contribution in [3.63, 3.8) is 0 Å². The van der Waals surface area contributed by atoms with Crippen molar-refractivity contribution >= 4 is 15.9 Å². The van der Waals surface area contributed by atoms with E-state index in [1.165, 1.54) is 37.9 Å². The van der Waals surface area contributed by atoms with Crippen LogP contribution in [0.4, 0.5) is 0 Å². The van der Waals surface area contributed by atoms with E-state index in [2.05, 4.69) is 64.4 Å². The molecule has 0 aromatic heterocycles. The van der Waals surface area contributed by atoms with Crippen molar-refractivity contribution in [1.82, 2.24) is 10.3 Å². The molecule has 0 radical (unpaired) electrons. The summed E-state index contributed by atoms with van der Waals surface area (Å²) in [5, 5.41) is 0. The number of hydrogen-bond acceptors (Lipinski definition) is 3. The third-order valence-electron chi connectivity index (χ3n) is 5.10. The van der Waals surface area contributed by atoms with Gasteiger partial charge in [-0.05, 0) is 63.4 Å². The highest BCUT2D eigenvalue weighted by Gasteiger charge is 2.38. The average Bonchev–Trinajstić information content (AvgIpc) is 2.54. The van der Waals surface area contributed by atoms with Gasteiger partial charge in [-0.2, -0.15) is 0 Å². The molecule has 0 aliphatic carbocycles. The van der Waals surface area contributed by atoms with Gasteiger partial charge in [0.2, 0.25) is 0 Å². The summed E-state index contributed by atoms with van der Waals surface area (Å²) in [5.74, 6) is 5.93. The molecule has 3 N–H and O–H groups in total. The minimum absolute atomic E-state index is 0.113. The van der Waals surface area contributed by atoms with Crippen molar-refractivity contribution in [3.05, 3.63) is 34.3 Å². The van der Waals surface area contributed by atoms with Crippen LogP contribution in [-0.2, 0) is 6.42 Å². The van der Waals surface area contributed by atoms with Gasteiger partial charge in [-0.15, -0.1) is 0 Å². The summed E-state index contributed by atoms with van der Waals surface area (Å²) in [6.45, 7) is 7.04. The Balaban J connectivity index is 2.13. The largest absolute Gasteiger partial charge is 0.296 e. The first kappa shape index (κ1) is 16.9. The minimum atomic E-state index is 0.113. The number of nitrogens with zero attached hydrogens (tertiary/aromatic N) is 1. The number of hydrazine groups is 1. The monoisotopic (exact) mass is 353 g/mol. The Kier molecular flexibility index (Phi) is 6.23. The summed E-state index contributed by atoms with van der Waals surface area (Å²) in [4.78, 5) is 2.64. The number of rotatable bonds is 6. The molecule has 1 aliphatic heterocycles. The molecule has 0 spiro atoms.